The smallest absolute Gasteiger partial charge is 0.319 e. The van der Waals surface area contributed by atoms with Gasteiger partial charge in [-0.3, -0.25) is 4.98 Å². The number of rotatable bonds is 5. The summed E-state index contributed by atoms with van der Waals surface area (Å²) in [7, 11) is -3.49. The number of urea groups is 1. The first-order valence-corrected chi connectivity index (χ1v) is 10.4. The van der Waals surface area contributed by atoms with E-state index in [0.29, 0.717) is 31.2 Å². The monoisotopic (exact) mass is 404 g/mol. The topological polar surface area (TPSA) is 91.4 Å². The van der Waals surface area contributed by atoms with Crippen LogP contribution in [0.25, 0.3) is 0 Å². The molecule has 2 N–H and O–H groups in total. The number of sulfonamides is 1. The zero-order valence-electron chi connectivity index (χ0n) is 15.3. The van der Waals surface area contributed by atoms with E-state index in [0.717, 1.165) is 18.4 Å². The van der Waals surface area contributed by atoms with E-state index in [9.17, 15) is 13.2 Å². The fourth-order valence-electron chi connectivity index (χ4n) is 3.08. The van der Waals surface area contributed by atoms with Crippen LogP contribution in [0.5, 0.6) is 0 Å². The number of hydrogen-bond acceptors (Lipinski definition) is 4. The number of anilines is 1. The molecule has 3 rings (SSSR count). The van der Waals surface area contributed by atoms with Crippen molar-refractivity contribution in [3.05, 3.63) is 54.4 Å². The molecule has 2 amide bonds. The summed E-state index contributed by atoms with van der Waals surface area (Å²) in [6.07, 6.45) is 5.30. The zero-order chi connectivity index (χ0) is 19.3. The van der Waals surface area contributed by atoms with Crippen molar-refractivity contribution in [2.24, 2.45) is 5.92 Å². The predicted octanol–water partition coefficient (Wildman–Crippen LogP) is 3.46. The Labute approximate surface area is 167 Å². The molecule has 0 spiro atoms. The van der Waals surface area contributed by atoms with Crippen molar-refractivity contribution in [3.63, 3.8) is 0 Å². The maximum Gasteiger partial charge on any atom is 0.319 e. The van der Waals surface area contributed by atoms with Crippen molar-refractivity contribution in [2.75, 3.05) is 18.4 Å². The molecule has 7 nitrogen and oxygen atoms in total. The molecule has 1 aliphatic rings. The Kier molecular flexibility index (Phi) is 7.53. The summed E-state index contributed by atoms with van der Waals surface area (Å²) < 4.78 is 27.0. The van der Waals surface area contributed by atoms with Gasteiger partial charge >= 0.3 is 6.03 Å². The van der Waals surface area contributed by atoms with E-state index in [-0.39, 0.29) is 18.4 Å². The van der Waals surface area contributed by atoms with Crippen molar-refractivity contribution in [1.82, 2.24) is 14.6 Å². The highest BCUT2D eigenvalue weighted by Gasteiger charge is 2.28. The van der Waals surface area contributed by atoms with Gasteiger partial charge < -0.3 is 10.6 Å². The number of hydrogen-bond donors (Lipinski definition) is 2. The number of benzene rings is 1. The van der Waals surface area contributed by atoms with Crippen LogP contribution in [-0.2, 0) is 16.6 Å². The zero-order valence-corrected chi connectivity index (χ0v) is 16.1. The second kappa shape index (κ2) is 9.66. The molecule has 0 bridgehead atoms. The molecular weight excluding hydrogens is 376 g/mol. The lowest BCUT2D eigenvalue weighted by Gasteiger charge is -2.30. The first-order valence-electron chi connectivity index (χ1n) is 8.99. The fraction of sp³-hybridized carbons (Fsp3) is 0.400. The van der Waals surface area contributed by atoms with E-state index < -0.39 is 10.0 Å². The molecule has 8 heteroatoms. The lowest BCUT2D eigenvalue weighted by Crippen LogP contribution is -2.39. The summed E-state index contributed by atoms with van der Waals surface area (Å²) in [6.45, 7) is 3.54. The number of amides is 2. The summed E-state index contributed by atoms with van der Waals surface area (Å²) in [4.78, 5) is 16.2. The van der Waals surface area contributed by atoms with Crippen molar-refractivity contribution in [3.8, 4) is 0 Å². The third-order valence-corrected chi connectivity index (χ3v) is 6.42. The molecule has 0 unspecified atom stereocenters. The standard InChI is InChI=1S/C19H24N4O3S.CH4/c1-15-4-3-11-23(14-15)27(25,26)18-8-6-17(7-9-18)22-19(24)21-13-16-5-2-10-20-12-16;/h2,5-10,12,15H,3-4,11,13-14H2,1H3,(H2,21,22,24);1H4/t15-;/m0./s1. The van der Waals surface area contributed by atoms with Crippen LogP contribution in [0.15, 0.2) is 53.7 Å². The van der Waals surface area contributed by atoms with Gasteiger partial charge in [0.1, 0.15) is 0 Å². The average Bonchev–Trinajstić information content (AvgIpc) is 2.68. The second-order valence-corrected chi connectivity index (χ2v) is 8.74. The Morgan fingerprint density at radius 2 is 2.00 bits per heavy atom. The van der Waals surface area contributed by atoms with Gasteiger partial charge in [0.25, 0.3) is 0 Å². The quantitative estimate of drug-likeness (QED) is 0.798. The van der Waals surface area contributed by atoms with E-state index in [1.807, 2.05) is 6.07 Å². The number of pyridine rings is 1. The highest BCUT2D eigenvalue weighted by atomic mass is 32.2. The Morgan fingerprint density at radius 3 is 2.64 bits per heavy atom. The van der Waals surface area contributed by atoms with Gasteiger partial charge in [-0.1, -0.05) is 20.4 Å². The summed E-state index contributed by atoms with van der Waals surface area (Å²) in [5.41, 5.74) is 1.43. The fourth-order valence-corrected chi connectivity index (χ4v) is 4.68. The SMILES string of the molecule is C.C[C@H]1CCCN(S(=O)(=O)c2ccc(NC(=O)NCc3cccnc3)cc2)C1. The van der Waals surface area contributed by atoms with Crippen LogP contribution in [0.3, 0.4) is 0 Å². The third-order valence-electron chi connectivity index (χ3n) is 4.55. The predicted molar refractivity (Wildman–Crippen MR) is 110 cm³/mol. The first kappa shape index (κ1) is 21.8. The minimum Gasteiger partial charge on any atom is -0.334 e. The van der Waals surface area contributed by atoms with Crippen LogP contribution in [0.4, 0.5) is 10.5 Å². The van der Waals surface area contributed by atoms with Crippen LogP contribution in [-0.4, -0.2) is 36.8 Å². The molecule has 152 valence electrons. The lowest BCUT2D eigenvalue weighted by atomic mass is 10.0. The van der Waals surface area contributed by atoms with Crippen molar-refractivity contribution >= 4 is 21.7 Å². The Morgan fingerprint density at radius 1 is 1.25 bits per heavy atom. The molecule has 1 atom stereocenters. The molecule has 2 aromatic rings. The van der Waals surface area contributed by atoms with Gasteiger partial charge in [-0.2, -0.15) is 4.31 Å². The first-order chi connectivity index (χ1) is 12.9. The van der Waals surface area contributed by atoms with E-state index >= 15 is 0 Å². The molecular formula is C20H28N4O3S. The van der Waals surface area contributed by atoms with E-state index in [4.69, 9.17) is 0 Å². The van der Waals surface area contributed by atoms with Gasteiger partial charge in [-0.15, -0.1) is 0 Å². The molecule has 0 aliphatic carbocycles. The van der Waals surface area contributed by atoms with Gasteiger partial charge in [0.05, 0.1) is 4.90 Å². The van der Waals surface area contributed by atoms with Gasteiger partial charge in [0.2, 0.25) is 10.0 Å². The molecule has 0 saturated carbocycles. The summed E-state index contributed by atoms with van der Waals surface area (Å²) in [6, 6.07) is 9.58. The van der Waals surface area contributed by atoms with Crippen molar-refractivity contribution < 1.29 is 13.2 Å². The van der Waals surface area contributed by atoms with Crippen LogP contribution in [0.1, 0.15) is 32.8 Å². The van der Waals surface area contributed by atoms with Gasteiger partial charge in [-0.25, -0.2) is 13.2 Å². The third kappa shape index (κ3) is 5.53. The van der Waals surface area contributed by atoms with Crippen LogP contribution < -0.4 is 10.6 Å². The van der Waals surface area contributed by atoms with Crippen LogP contribution in [0, 0.1) is 5.92 Å². The number of aromatic nitrogens is 1. The van der Waals surface area contributed by atoms with Crippen LogP contribution >= 0.6 is 0 Å². The maximum atomic E-state index is 12.7. The molecule has 1 aromatic heterocycles. The normalized spacial score (nSPS) is 17.4. The second-order valence-electron chi connectivity index (χ2n) is 6.80. The number of carbonyl (C=O) groups is 1. The molecule has 1 aliphatic heterocycles. The van der Waals surface area contributed by atoms with Gasteiger partial charge in [0, 0.05) is 37.7 Å². The van der Waals surface area contributed by atoms with E-state index in [2.05, 4.69) is 22.5 Å². The molecule has 2 heterocycles. The van der Waals surface area contributed by atoms with Gasteiger partial charge in [0.15, 0.2) is 0 Å². The highest BCUT2D eigenvalue weighted by Crippen LogP contribution is 2.24. The van der Waals surface area contributed by atoms with Crippen LogP contribution in [0.2, 0.25) is 0 Å². The summed E-state index contributed by atoms with van der Waals surface area (Å²) in [5, 5.41) is 5.43. The van der Waals surface area contributed by atoms with Gasteiger partial charge in [-0.05, 0) is 54.7 Å². The largest absolute Gasteiger partial charge is 0.334 e. The molecule has 1 saturated heterocycles. The van der Waals surface area contributed by atoms with E-state index in [1.54, 1.807) is 34.9 Å². The minimum atomic E-state index is -3.49. The number of piperidine rings is 1. The highest BCUT2D eigenvalue weighted by molar-refractivity contribution is 7.89. The number of nitrogens with one attached hydrogen (secondary N) is 2. The summed E-state index contributed by atoms with van der Waals surface area (Å²) >= 11 is 0. The number of nitrogens with zero attached hydrogens (tertiary/aromatic N) is 2. The minimum absolute atomic E-state index is 0. The summed E-state index contributed by atoms with van der Waals surface area (Å²) in [5.74, 6) is 0.373. The molecule has 1 aromatic carbocycles. The van der Waals surface area contributed by atoms with Crippen molar-refractivity contribution in [1.29, 1.82) is 0 Å². The van der Waals surface area contributed by atoms with E-state index in [1.165, 1.54) is 12.1 Å². The average molecular weight is 405 g/mol. The van der Waals surface area contributed by atoms with Crippen molar-refractivity contribution in [2.45, 2.75) is 38.6 Å². The Balaban J connectivity index is 0.00000280. The molecule has 1 fully saturated rings. The molecule has 0 radical (unpaired) electrons. The number of carbonyl (C=O) groups excluding carboxylic acids is 1. The lowest BCUT2D eigenvalue weighted by molar-refractivity contribution is 0.251. The Bertz CT molecular complexity index is 870. The maximum absolute atomic E-state index is 12.7. The molecule has 28 heavy (non-hydrogen) atoms. The Hall–Kier alpha value is -2.45.